The van der Waals surface area contributed by atoms with E-state index in [9.17, 15) is 0 Å². The number of imidazole rings is 1. The number of aromatic nitrogens is 3. The average molecular weight is 271 g/mol. The van der Waals surface area contributed by atoms with Gasteiger partial charge in [-0.25, -0.2) is 9.97 Å². The van der Waals surface area contributed by atoms with Crippen molar-refractivity contribution in [2.45, 2.75) is 25.4 Å². The highest BCUT2D eigenvalue weighted by Gasteiger charge is 2.26. The van der Waals surface area contributed by atoms with E-state index in [0.29, 0.717) is 6.04 Å². The summed E-state index contributed by atoms with van der Waals surface area (Å²) in [6.07, 6.45) is 8.06. The van der Waals surface area contributed by atoms with Gasteiger partial charge in [-0.05, 0) is 37.1 Å². The number of aromatic amines is 1. The second-order valence-electron chi connectivity index (χ2n) is 5.51. The lowest BCUT2D eigenvalue weighted by Gasteiger charge is -2.24. The van der Waals surface area contributed by atoms with Crippen LogP contribution in [-0.4, -0.2) is 40.5 Å². The Labute approximate surface area is 119 Å². The van der Waals surface area contributed by atoms with Gasteiger partial charge in [-0.3, -0.25) is 4.90 Å². The molecule has 0 aliphatic carbocycles. The van der Waals surface area contributed by atoms with Crippen LogP contribution in [0.1, 0.15) is 30.3 Å². The van der Waals surface area contributed by atoms with Crippen molar-refractivity contribution in [3.63, 3.8) is 0 Å². The van der Waals surface area contributed by atoms with Crippen molar-refractivity contribution in [3.8, 4) is 0 Å². The van der Waals surface area contributed by atoms with Crippen molar-refractivity contribution >= 4 is 5.82 Å². The van der Waals surface area contributed by atoms with E-state index in [2.05, 4.69) is 36.9 Å². The molecule has 1 atom stereocenters. The zero-order valence-electron chi connectivity index (χ0n) is 12.1. The fourth-order valence-electron chi connectivity index (χ4n) is 2.86. The average Bonchev–Trinajstić information content (AvgIpc) is 3.11. The molecule has 1 N–H and O–H groups in total. The second-order valence-corrected chi connectivity index (χ2v) is 5.51. The lowest BCUT2D eigenvalue weighted by atomic mass is 10.1. The SMILES string of the molecule is CN(C)c1cc([C@@H]2CCCN2Cc2ncc[nH]2)ccn1. The van der Waals surface area contributed by atoms with Crippen LogP contribution >= 0.6 is 0 Å². The number of pyridine rings is 1. The molecule has 0 saturated carbocycles. The number of H-pyrrole nitrogens is 1. The van der Waals surface area contributed by atoms with Crippen LogP contribution in [0.3, 0.4) is 0 Å². The maximum absolute atomic E-state index is 4.40. The minimum Gasteiger partial charge on any atom is -0.363 e. The van der Waals surface area contributed by atoms with Crippen LogP contribution in [0.15, 0.2) is 30.7 Å². The molecule has 0 aromatic carbocycles. The van der Waals surface area contributed by atoms with E-state index in [1.807, 2.05) is 32.7 Å². The van der Waals surface area contributed by atoms with Gasteiger partial charge in [0.05, 0.1) is 6.54 Å². The van der Waals surface area contributed by atoms with E-state index in [1.165, 1.54) is 18.4 Å². The van der Waals surface area contributed by atoms with Gasteiger partial charge in [-0.2, -0.15) is 0 Å². The first-order valence-corrected chi connectivity index (χ1v) is 7.09. The molecule has 2 aromatic heterocycles. The number of hydrogen-bond donors (Lipinski definition) is 1. The number of nitrogens with one attached hydrogen (secondary N) is 1. The van der Waals surface area contributed by atoms with Gasteiger partial charge in [0, 0.05) is 38.7 Å². The predicted molar refractivity (Wildman–Crippen MR) is 79.5 cm³/mol. The van der Waals surface area contributed by atoms with Gasteiger partial charge in [-0.1, -0.05) is 0 Å². The predicted octanol–water partition coefficient (Wildman–Crippen LogP) is 2.21. The van der Waals surface area contributed by atoms with Gasteiger partial charge in [-0.15, -0.1) is 0 Å². The first-order chi connectivity index (χ1) is 9.74. The molecule has 3 rings (SSSR count). The maximum atomic E-state index is 4.40. The van der Waals surface area contributed by atoms with Crippen LogP contribution in [0, 0.1) is 0 Å². The van der Waals surface area contributed by atoms with Gasteiger partial charge >= 0.3 is 0 Å². The van der Waals surface area contributed by atoms with Gasteiger partial charge in [0.2, 0.25) is 0 Å². The maximum Gasteiger partial charge on any atom is 0.128 e. The summed E-state index contributed by atoms with van der Waals surface area (Å²) in [5, 5.41) is 0. The first-order valence-electron chi connectivity index (χ1n) is 7.09. The summed E-state index contributed by atoms with van der Waals surface area (Å²) in [5.74, 6) is 2.06. The molecule has 0 unspecified atom stereocenters. The third-order valence-corrected chi connectivity index (χ3v) is 3.88. The number of likely N-dealkylation sites (tertiary alicyclic amines) is 1. The van der Waals surface area contributed by atoms with Gasteiger partial charge in [0.25, 0.3) is 0 Å². The fraction of sp³-hybridized carbons (Fsp3) is 0.467. The topological polar surface area (TPSA) is 48.0 Å². The monoisotopic (exact) mass is 271 g/mol. The summed E-state index contributed by atoms with van der Waals surface area (Å²) in [4.78, 5) is 16.5. The zero-order chi connectivity index (χ0) is 13.9. The van der Waals surface area contributed by atoms with Gasteiger partial charge in [0.15, 0.2) is 0 Å². The van der Waals surface area contributed by atoms with Crippen LogP contribution in [0.2, 0.25) is 0 Å². The van der Waals surface area contributed by atoms with Crippen molar-refractivity contribution in [1.29, 1.82) is 0 Å². The Balaban J connectivity index is 1.79. The Hall–Kier alpha value is -1.88. The molecule has 5 nitrogen and oxygen atoms in total. The van der Waals surface area contributed by atoms with Crippen LogP contribution in [-0.2, 0) is 6.54 Å². The van der Waals surface area contributed by atoms with Crippen molar-refractivity contribution in [3.05, 3.63) is 42.1 Å². The molecule has 2 aromatic rings. The molecule has 0 bridgehead atoms. The minimum absolute atomic E-state index is 0.474. The molecule has 1 aliphatic heterocycles. The van der Waals surface area contributed by atoms with Crippen molar-refractivity contribution in [1.82, 2.24) is 19.9 Å². The van der Waals surface area contributed by atoms with E-state index in [0.717, 1.165) is 24.7 Å². The Kier molecular flexibility index (Phi) is 3.69. The zero-order valence-corrected chi connectivity index (χ0v) is 12.1. The van der Waals surface area contributed by atoms with E-state index >= 15 is 0 Å². The summed E-state index contributed by atoms with van der Waals surface area (Å²) in [6, 6.07) is 4.81. The van der Waals surface area contributed by atoms with E-state index in [1.54, 1.807) is 0 Å². The molecule has 1 aliphatic rings. The molecule has 0 spiro atoms. The molecule has 20 heavy (non-hydrogen) atoms. The third kappa shape index (κ3) is 2.67. The molecule has 0 amide bonds. The van der Waals surface area contributed by atoms with E-state index in [4.69, 9.17) is 0 Å². The third-order valence-electron chi connectivity index (χ3n) is 3.88. The Morgan fingerprint density at radius 3 is 3.00 bits per heavy atom. The normalized spacial score (nSPS) is 19.4. The van der Waals surface area contributed by atoms with Crippen LogP contribution in [0.4, 0.5) is 5.82 Å². The summed E-state index contributed by atoms with van der Waals surface area (Å²) in [6.45, 7) is 2.02. The van der Waals surface area contributed by atoms with Crippen LogP contribution in [0.25, 0.3) is 0 Å². The Morgan fingerprint density at radius 2 is 2.25 bits per heavy atom. The van der Waals surface area contributed by atoms with Crippen LogP contribution < -0.4 is 4.90 Å². The highest BCUT2D eigenvalue weighted by atomic mass is 15.2. The number of anilines is 1. The molecule has 1 saturated heterocycles. The highest BCUT2D eigenvalue weighted by molar-refractivity contribution is 5.40. The number of rotatable bonds is 4. The number of nitrogens with zero attached hydrogens (tertiary/aromatic N) is 4. The van der Waals surface area contributed by atoms with Gasteiger partial charge < -0.3 is 9.88 Å². The van der Waals surface area contributed by atoms with E-state index in [-0.39, 0.29) is 0 Å². The molecule has 106 valence electrons. The van der Waals surface area contributed by atoms with Crippen LogP contribution in [0.5, 0.6) is 0 Å². The molecule has 5 heteroatoms. The second kappa shape index (κ2) is 5.63. The number of hydrogen-bond acceptors (Lipinski definition) is 4. The first kappa shape index (κ1) is 13.1. The Bertz CT molecular complexity index is 549. The largest absolute Gasteiger partial charge is 0.363 e. The quantitative estimate of drug-likeness (QED) is 0.926. The van der Waals surface area contributed by atoms with E-state index < -0.39 is 0 Å². The molecular formula is C15H21N5. The molecule has 3 heterocycles. The van der Waals surface area contributed by atoms with Gasteiger partial charge in [0.1, 0.15) is 11.6 Å². The summed E-state index contributed by atoms with van der Waals surface area (Å²) < 4.78 is 0. The standard InChI is InChI=1S/C15H21N5/c1-19(2)15-10-12(5-6-18-15)13-4-3-9-20(13)11-14-16-7-8-17-14/h5-8,10,13H,3-4,9,11H2,1-2H3,(H,16,17)/t13-/m0/s1. The Morgan fingerprint density at radius 1 is 1.35 bits per heavy atom. The summed E-state index contributed by atoms with van der Waals surface area (Å²) >= 11 is 0. The lowest BCUT2D eigenvalue weighted by molar-refractivity contribution is 0.243. The molecular weight excluding hydrogens is 250 g/mol. The fourth-order valence-corrected chi connectivity index (χ4v) is 2.86. The summed E-state index contributed by atoms with van der Waals surface area (Å²) in [5.41, 5.74) is 1.35. The molecule has 0 radical (unpaired) electrons. The minimum atomic E-state index is 0.474. The van der Waals surface area contributed by atoms with Crippen molar-refractivity contribution in [2.75, 3.05) is 25.5 Å². The lowest BCUT2D eigenvalue weighted by Crippen LogP contribution is -2.23. The van der Waals surface area contributed by atoms with Crippen molar-refractivity contribution < 1.29 is 0 Å². The van der Waals surface area contributed by atoms with Crippen molar-refractivity contribution in [2.24, 2.45) is 0 Å². The highest BCUT2D eigenvalue weighted by Crippen LogP contribution is 2.33. The molecule has 1 fully saturated rings. The smallest absolute Gasteiger partial charge is 0.128 e. The summed E-state index contributed by atoms with van der Waals surface area (Å²) in [7, 11) is 4.06.